The smallest absolute Gasteiger partial charge is 0.312 e. The number of hydrogen-bond donors (Lipinski definition) is 3. The molecule has 0 aromatic carbocycles. The Morgan fingerprint density at radius 3 is 2.89 bits per heavy atom. The van der Waals surface area contributed by atoms with E-state index in [1.54, 1.807) is 0 Å². The van der Waals surface area contributed by atoms with E-state index in [-0.39, 0.29) is 23.6 Å². The highest BCUT2D eigenvalue weighted by Crippen LogP contribution is 2.28. The molecule has 3 atom stereocenters. The van der Waals surface area contributed by atoms with E-state index in [9.17, 15) is 14.6 Å². The number of imidazole rings is 1. The Balaban J connectivity index is 2.13. The number of rotatable bonds is 1. The molecule has 2 aromatic rings. The van der Waals surface area contributed by atoms with Crippen LogP contribution < -0.4 is 5.73 Å². The maximum atomic E-state index is 13.1. The van der Waals surface area contributed by atoms with Crippen molar-refractivity contribution in [1.82, 2.24) is 19.5 Å². The number of aromatic nitrogens is 4. The zero-order valence-corrected chi connectivity index (χ0v) is 9.06. The van der Waals surface area contributed by atoms with Crippen LogP contribution in [-0.4, -0.2) is 48.5 Å². The van der Waals surface area contributed by atoms with Crippen LogP contribution in [0.15, 0.2) is 6.33 Å². The first-order chi connectivity index (χ1) is 8.58. The number of ether oxygens (including phenoxy) is 1. The highest BCUT2D eigenvalue weighted by Gasteiger charge is 2.37. The van der Waals surface area contributed by atoms with Crippen molar-refractivity contribution in [3.8, 4) is 0 Å². The minimum atomic E-state index is -1.14. The Morgan fingerprint density at radius 2 is 2.22 bits per heavy atom. The van der Waals surface area contributed by atoms with Crippen LogP contribution in [0.1, 0.15) is 6.23 Å². The van der Waals surface area contributed by atoms with Crippen LogP contribution in [-0.2, 0) is 4.74 Å². The SMILES string of the molecule is Nc1nc(F)nc2c1ncn2[C@@H]1OC[C@H](O)[C@H]1O. The first kappa shape index (κ1) is 11.3. The molecule has 1 fully saturated rings. The topological polar surface area (TPSA) is 119 Å². The Morgan fingerprint density at radius 1 is 1.44 bits per heavy atom. The van der Waals surface area contributed by atoms with Crippen LogP contribution in [0.25, 0.3) is 11.2 Å². The van der Waals surface area contributed by atoms with E-state index in [1.165, 1.54) is 10.9 Å². The Hall–Kier alpha value is -1.84. The molecule has 2 aromatic heterocycles. The van der Waals surface area contributed by atoms with Gasteiger partial charge in [-0.3, -0.25) is 4.57 Å². The zero-order valence-electron chi connectivity index (χ0n) is 9.06. The summed E-state index contributed by atoms with van der Waals surface area (Å²) in [5, 5.41) is 19.1. The maximum Gasteiger partial charge on any atom is 0.312 e. The molecule has 96 valence electrons. The molecule has 1 aliphatic rings. The molecule has 8 nitrogen and oxygen atoms in total. The highest BCUT2D eigenvalue weighted by atomic mass is 19.1. The molecule has 3 rings (SSSR count). The third-order valence-corrected chi connectivity index (χ3v) is 2.82. The van der Waals surface area contributed by atoms with Gasteiger partial charge in [-0.25, -0.2) is 4.98 Å². The third-order valence-electron chi connectivity index (χ3n) is 2.82. The predicted molar refractivity (Wildman–Crippen MR) is 56.7 cm³/mol. The van der Waals surface area contributed by atoms with Crippen molar-refractivity contribution in [2.24, 2.45) is 0 Å². The van der Waals surface area contributed by atoms with Crippen molar-refractivity contribution >= 4 is 17.0 Å². The van der Waals surface area contributed by atoms with Crippen LogP contribution >= 0.6 is 0 Å². The third kappa shape index (κ3) is 1.52. The molecule has 0 aliphatic carbocycles. The number of nitrogens with zero attached hydrogens (tertiary/aromatic N) is 4. The van der Waals surface area contributed by atoms with Gasteiger partial charge in [0, 0.05) is 0 Å². The molecule has 0 unspecified atom stereocenters. The number of nitrogen functional groups attached to an aromatic ring is 1. The van der Waals surface area contributed by atoms with Gasteiger partial charge in [0.15, 0.2) is 23.2 Å². The summed E-state index contributed by atoms with van der Waals surface area (Å²) in [6, 6.07) is 0. The summed E-state index contributed by atoms with van der Waals surface area (Å²) >= 11 is 0. The predicted octanol–water partition coefficient (Wildman–Crippen LogP) is -1.20. The van der Waals surface area contributed by atoms with Crippen molar-refractivity contribution in [2.45, 2.75) is 18.4 Å². The second-order valence-electron chi connectivity index (χ2n) is 3.98. The number of fused-ring (bicyclic) bond motifs is 1. The summed E-state index contributed by atoms with van der Waals surface area (Å²) in [5.41, 5.74) is 5.84. The molecule has 1 aliphatic heterocycles. The van der Waals surface area contributed by atoms with Crippen LogP contribution in [0.3, 0.4) is 0 Å². The van der Waals surface area contributed by atoms with Gasteiger partial charge in [-0.2, -0.15) is 14.4 Å². The van der Waals surface area contributed by atoms with E-state index in [0.717, 1.165) is 0 Å². The van der Waals surface area contributed by atoms with Crippen LogP contribution in [0.2, 0.25) is 0 Å². The molecule has 18 heavy (non-hydrogen) atoms. The summed E-state index contributed by atoms with van der Waals surface area (Å²) < 4.78 is 19.6. The summed E-state index contributed by atoms with van der Waals surface area (Å²) in [6.07, 6.45) is -2.70. The van der Waals surface area contributed by atoms with Crippen LogP contribution in [0, 0.1) is 6.08 Å². The van der Waals surface area contributed by atoms with Gasteiger partial charge in [-0.15, -0.1) is 0 Å². The fraction of sp³-hybridized carbons (Fsp3) is 0.444. The lowest BCUT2D eigenvalue weighted by Crippen LogP contribution is -2.28. The number of aliphatic hydroxyl groups is 2. The number of halogens is 1. The lowest BCUT2D eigenvalue weighted by atomic mass is 10.2. The average molecular weight is 255 g/mol. The van der Waals surface area contributed by atoms with Crippen LogP contribution in [0.5, 0.6) is 0 Å². The molecular formula is C9H10FN5O3. The molecule has 0 saturated carbocycles. The van der Waals surface area contributed by atoms with Gasteiger partial charge in [-0.05, 0) is 0 Å². The standard InChI is InChI=1S/C9H10FN5O3/c10-9-13-6(11)4-7(14-9)15(2-12-4)8-5(17)3(16)1-18-8/h2-3,5,8,16-17H,1H2,(H2,11,13,14)/t3-,5+,8+/m0/s1. The summed E-state index contributed by atoms with van der Waals surface area (Å²) in [5.74, 6) is -0.0933. The molecule has 0 radical (unpaired) electrons. The lowest BCUT2D eigenvalue weighted by molar-refractivity contribution is -0.0163. The molecule has 1 saturated heterocycles. The largest absolute Gasteiger partial charge is 0.388 e. The van der Waals surface area contributed by atoms with Crippen molar-refractivity contribution in [1.29, 1.82) is 0 Å². The van der Waals surface area contributed by atoms with E-state index >= 15 is 0 Å². The van der Waals surface area contributed by atoms with E-state index in [0.29, 0.717) is 0 Å². The number of nitrogens with two attached hydrogens (primary N) is 1. The van der Waals surface area contributed by atoms with Gasteiger partial charge in [-0.1, -0.05) is 0 Å². The minimum absolute atomic E-state index is 0.0193. The molecule has 3 heterocycles. The molecule has 0 bridgehead atoms. The summed E-state index contributed by atoms with van der Waals surface area (Å²) in [7, 11) is 0. The maximum absolute atomic E-state index is 13.1. The highest BCUT2D eigenvalue weighted by molar-refractivity contribution is 5.81. The fourth-order valence-corrected chi connectivity index (χ4v) is 1.93. The van der Waals surface area contributed by atoms with E-state index in [1.807, 2.05) is 0 Å². The first-order valence-corrected chi connectivity index (χ1v) is 5.21. The monoisotopic (exact) mass is 255 g/mol. The normalized spacial score (nSPS) is 28.1. The fourth-order valence-electron chi connectivity index (χ4n) is 1.93. The molecule has 0 amide bonds. The van der Waals surface area contributed by atoms with E-state index in [2.05, 4.69) is 15.0 Å². The Labute approximate surface area is 99.9 Å². The van der Waals surface area contributed by atoms with Crippen LogP contribution in [0.4, 0.5) is 10.2 Å². The quantitative estimate of drug-likeness (QED) is 0.547. The molecule has 4 N–H and O–H groups in total. The van der Waals surface area contributed by atoms with Gasteiger partial charge in [0.25, 0.3) is 0 Å². The second-order valence-corrected chi connectivity index (χ2v) is 3.98. The minimum Gasteiger partial charge on any atom is -0.388 e. The van der Waals surface area contributed by atoms with E-state index < -0.39 is 24.5 Å². The summed E-state index contributed by atoms with van der Waals surface area (Å²) in [6.45, 7) is -0.0193. The zero-order chi connectivity index (χ0) is 12.9. The lowest BCUT2D eigenvalue weighted by Gasteiger charge is -2.16. The number of anilines is 1. The van der Waals surface area contributed by atoms with Crippen molar-refractivity contribution in [3.05, 3.63) is 12.4 Å². The van der Waals surface area contributed by atoms with Crippen molar-refractivity contribution in [3.63, 3.8) is 0 Å². The van der Waals surface area contributed by atoms with Gasteiger partial charge < -0.3 is 20.7 Å². The van der Waals surface area contributed by atoms with Crippen molar-refractivity contribution in [2.75, 3.05) is 12.3 Å². The van der Waals surface area contributed by atoms with Gasteiger partial charge >= 0.3 is 6.08 Å². The van der Waals surface area contributed by atoms with E-state index in [4.69, 9.17) is 10.5 Å². The number of hydrogen-bond acceptors (Lipinski definition) is 7. The molecule has 9 heteroatoms. The summed E-state index contributed by atoms with van der Waals surface area (Å²) in [4.78, 5) is 10.9. The number of aliphatic hydroxyl groups excluding tert-OH is 2. The molecule has 0 spiro atoms. The van der Waals surface area contributed by atoms with Gasteiger partial charge in [0.1, 0.15) is 12.2 Å². The molecular weight excluding hydrogens is 245 g/mol. The van der Waals surface area contributed by atoms with Crippen molar-refractivity contribution < 1.29 is 19.3 Å². The Kier molecular flexibility index (Phi) is 2.40. The average Bonchev–Trinajstić information content (AvgIpc) is 2.85. The van der Waals surface area contributed by atoms with Gasteiger partial charge in [0.2, 0.25) is 0 Å². The first-order valence-electron chi connectivity index (χ1n) is 5.21. The van der Waals surface area contributed by atoms with Gasteiger partial charge in [0.05, 0.1) is 12.9 Å². The second kappa shape index (κ2) is 3.83. The Bertz CT molecular complexity index is 603.